The average molecular weight is 293 g/mol. The predicted octanol–water partition coefficient (Wildman–Crippen LogP) is -11.4. The van der Waals surface area contributed by atoms with Crippen LogP contribution >= 0.6 is 0 Å². The molecule has 11 heteroatoms. The Labute approximate surface area is 139 Å². The molecule has 0 amide bonds. The molecular formula is Li2O6SrTi2. The third-order valence-corrected chi connectivity index (χ3v) is 0. The molecule has 0 N–H and O–H groups in total. The van der Waals surface area contributed by atoms with Crippen molar-refractivity contribution < 1.29 is 96.4 Å². The van der Waals surface area contributed by atoms with Crippen molar-refractivity contribution in [2.45, 2.75) is 0 Å². The maximum absolute atomic E-state index is 8.58. The van der Waals surface area contributed by atoms with Crippen molar-refractivity contribution in [1.82, 2.24) is 0 Å². The maximum atomic E-state index is 8.58. The van der Waals surface area contributed by atoms with Crippen LogP contribution in [0.25, 0.3) is 0 Å². The Hall–Kier alpha value is 3.54. The van der Waals surface area contributed by atoms with Gasteiger partial charge in [-0.05, 0) is 0 Å². The normalized spacial score (nSPS) is 4.73. The first kappa shape index (κ1) is 29.3. The second kappa shape index (κ2) is 23.4. The van der Waals surface area contributed by atoms with Crippen LogP contribution < -0.4 is 52.5 Å². The Morgan fingerprint density at radius 1 is 0.727 bits per heavy atom. The van der Waals surface area contributed by atoms with Crippen LogP contribution in [0.1, 0.15) is 0 Å². The van der Waals surface area contributed by atoms with Crippen LogP contribution in [-0.4, -0.2) is 45.5 Å². The van der Waals surface area contributed by atoms with Crippen molar-refractivity contribution in [3.05, 3.63) is 0 Å². The van der Waals surface area contributed by atoms with Gasteiger partial charge >= 0.3 is 142 Å². The van der Waals surface area contributed by atoms with Gasteiger partial charge in [-0.1, -0.05) is 0 Å². The summed E-state index contributed by atoms with van der Waals surface area (Å²) in [6, 6.07) is 0. The first-order valence-electron chi connectivity index (χ1n) is 1.22. The van der Waals surface area contributed by atoms with Gasteiger partial charge in [-0.15, -0.1) is 0 Å². The van der Waals surface area contributed by atoms with Crippen molar-refractivity contribution in [2.24, 2.45) is 0 Å². The second-order valence-electron chi connectivity index (χ2n) is 0.500. The van der Waals surface area contributed by atoms with Gasteiger partial charge < -0.3 is 0 Å². The SMILES string of the molecule is [Li+].[Li+].[O]=[Ti]([O-])[O-].[O]=[Ti]([O-])[O-].[Sr+2]. The molecule has 0 spiro atoms. The van der Waals surface area contributed by atoms with Crippen LogP contribution in [0, 0.1) is 0 Å². The molecule has 11 heavy (non-hydrogen) atoms. The molecule has 48 valence electrons. The molecule has 0 aromatic carbocycles. The maximum Gasteiger partial charge on any atom is 2.00 e. The Balaban J connectivity index is -0.0000000171. The van der Waals surface area contributed by atoms with Gasteiger partial charge in [0.15, 0.2) is 0 Å². The van der Waals surface area contributed by atoms with Crippen LogP contribution in [0.5, 0.6) is 0 Å². The molecule has 0 aliphatic rings. The van der Waals surface area contributed by atoms with E-state index in [0.29, 0.717) is 0 Å². The zero-order valence-corrected chi connectivity index (χ0v) is 12.8. The third kappa shape index (κ3) is 144. The van der Waals surface area contributed by atoms with E-state index in [-0.39, 0.29) is 83.2 Å². The molecule has 0 bridgehead atoms. The van der Waals surface area contributed by atoms with Gasteiger partial charge in [-0.2, -0.15) is 0 Å². The summed E-state index contributed by atoms with van der Waals surface area (Å²) in [7, 11) is 0. The van der Waals surface area contributed by atoms with Crippen molar-refractivity contribution in [3.63, 3.8) is 0 Å². The Morgan fingerprint density at radius 2 is 0.727 bits per heavy atom. The van der Waals surface area contributed by atoms with Gasteiger partial charge in [0.2, 0.25) is 0 Å². The van der Waals surface area contributed by atoms with Gasteiger partial charge in [0.05, 0.1) is 0 Å². The van der Waals surface area contributed by atoms with E-state index < -0.39 is 37.2 Å². The Bertz CT molecular complexity index is 76.6. The molecular weight excluding hydrogens is 293 g/mol. The quantitative estimate of drug-likeness (QED) is 0.408. The van der Waals surface area contributed by atoms with E-state index >= 15 is 0 Å². The van der Waals surface area contributed by atoms with E-state index in [2.05, 4.69) is 0 Å². The number of hydrogen-bond acceptors (Lipinski definition) is 6. The molecule has 0 atom stereocenters. The molecule has 0 unspecified atom stereocenters. The summed E-state index contributed by atoms with van der Waals surface area (Å²) < 4.78 is 51.5. The summed E-state index contributed by atoms with van der Waals surface area (Å²) in [6.45, 7) is 0. The predicted molar refractivity (Wildman–Crippen MR) is 7.13 cm³/mol. The first-order chi connectivity index (χ1) is 3.46. The van der Waals surface area contributed by atoms with Crippen LogP contribution in [0.3, 0.4) is 0 Å². The van der Waals surface area contributed by atoms with Gasteiger partial charge in [0.25, 0.3) is 0 Å². The van der Waals surface area contributed by atoms with Crippen molar-refractivity contribution in [1.29, 1.82) is 0 Å². The summed E-state index contributed by atoms with van der Waals surface area (Å²) in [5, 5.41) is 0. The van der Waals surface area contributed by atoms with E-state index in [4.69, 9.17) is 21.4 Å². The van der Waals surface area contributed by atoms with Gasteiger partial charge in [-0.25, -0.2) is 0 Å². The molecule has 0 rings (SSSR count). The van der Waals surface area contributed by atoms with E-state index in [1.807, 2.05) is 0 Å². The van der Waals surface area contributed by atoms with Crippen molar-refractivity contribution in [2.75, 3.05) is 0 Å². The second-order valence-corrected chi connectivity index (χ2v) is 2.06. The van der Waals surface area contributed by atoms with Gasteiger partial charge in [-0.3, -0.25) is 0 Å². The average Bonchev–Trinajstić information content (AvgIpc) is 1.25. The van der Waals surface area contributed by atoms with E-state index in [9.17, 15) is 0 Å². The Kier molecular flexibility index (Phi) is 62.3. The molecule has 0 radical (unpaired) electrons. The summed E-state index contributed by atoms with van der Waals surface area (Å²) in [5.41, 5.74) is 0. The molecule has 0 saturated heterocycles. The Morgan fingerprint density at radius 3 is 0.727 bits per heavy atom. The standard InChI is InChI=1S/2Li.6O.Sr.2Ti/q2*+1;;;4*-1;+2;;. The largest absolute Gasteiger partial charge is 2.00 e. The molecule has 6 nitrogen and oxygen atoms in total. The van der Waals surface area contributed by atoms with Crippen molar-refractivity contribution in [3.8, 4) is 0 Å². The fourth-order valence-electron chi connectivity index (χ4n) is 0. The van der Waals surface area contributed by atoms with Crippen LogP contribution in [0.2, 0.25) is 0 Å². The minimum atomic E-state index is -4.08. The van der Waals surface area contributed by atoms with Crippen LogP contribution in [0.4, 0.5) is 0 Å². The topological polar surface area (TPSA) is 126 Å². The smallest absolute Gasteiger partial charge is 2.00 e. The third-order valence-electron chi connectivity index (χ3n) is 0. The fraction of sp³-hybridized carbons (Fsp3) is 0. The van der Waals surface area contributed by atoms with Crippen LogP contribution in [-0.2, 0) is 43.9 Å². The zero-order chi connectivity index (χ0) is 7.15. The number of rotatable bonds is 0. The van der Waals surface area contributed by atoms with E-state index in [0.717, 1.165) is 0 Å². The zero-order valence-electron chi connectivity index (χ0n) is 6.16. The summed E-state index contributed by atoms with van der Waals surface area (Å²) >= 11 is -8.17. The molecule has 0 aliphatic heterocycles. The summed E-state index contributed by atoms with van der Waals surface area (Å²) in [6.07, 6.45) is 0. The van der Waals surface area contributed by atoms with Crippen molar-refractivity contribution >= 4 is 45.5 Å². The molecule has 0 saturated carbocycles. The monoisotopic (exact) mass is 294 g/mol. The summed E-state index contributed by atoms with van der Waals surface area (Å²) in [5.74, 6) is 0. The van der Waals surface area contributed by atoms with Gasteiger partial charge in [0, 0.05) is 0 Å². The molecule has 0 aromatic heterocycles. The number of hydrogen-bond donors (Lipinski definition) is 0. The van der Waals surface area contributed by atoms with Gasteiger partial charge in [0.1, 0.15) is 0 Å². The minimum absolute atomic E-state index is 0. The molecule has 0 aliphatic carbocycles. The molecule has 0 fully saturated rings. The van der Waals surface area contributed by atoms with Crippen LogP contribution in [0.15, 0.2) is 0 Å². The summed E-state index contributed by atoms with van der Waals surface area (Å²) in [4.78, 5) is 0. The minimum Gasteiger partial charge on any atom is 2.00 e. The molecule has 0 aromatic rings. The van der Waals surface area contributed by atoms with E-state index in [1.165, 1.54) is 0 Å². The van der Waals surface area contributed by atoms with E-state index in [1.54, 1.807) is 0 Å². The first-order valence-corrected chi connectivity index (χ1v) is 5.05. The fourth-order valence-corrected chi connectivity index (χ4v) is 0. The molecule has 0 heterocycles.